The molecule has 2 aliphatic rings. The maximum atomic E-state index is 12.5. The predicted octanol–water partition coefficient (Wildman–Crippen LogP) is 1.98. The van der Waals surface area contributed by atoms with E-state index in [0.717, 1.165) is 38.5 Å². The topological polar surface area (TPSA) is 78.9 Å². The van der Waals surface area contributed by atoms with Crippen LogP contribution in [0.25, 0.3) is 0 Å². The number of ether oxygens (including phenoxy) is 1. The first-order valence-corrected chi connectivity index (χ1v) is 7.82. The molecule has 1 heterocycles. The molecule has 0 aromatic rings. The molecule has 1 aliphatic carbocycles. The standard InChI is InChI=1S/C15H26N2O4/c1-11-12(6-9-21-11)16-14(20)17(2)15(10-13(18)19)7-4-3-5-8-15/h11-12H,3-10H2,1-2H3,(H,16,20)(H,18,19). The summed E-state index contributed by atoms with van der Waals surface area (Å²) in [6.45, 7) is 2.61. The van der Waals surface area contributed by atoms with Gasteiger partial charge in [-0.25, -0.2) is 4.79 Å². The fourth-order valence-electron chi connectivity index (χ4n) is 3.51. The van der Waals surface area contributed by atoms with Crippen LogP contribution in [0, 0.1) is 0 Å². The van der Waals surface area contributed by atoms with Gasteiger partial charge in [0.1, 0.15) is 0 Å². The van der Waals surface area contributed by atoms with Crippen molar-refractivity contribution in [2.45, 2.75) is 69.6 Å². The lowest BCUT2D eigenvalue weighted by Gasteiger charge is -2.44. The summed E-state index contributed by atoms with van der Waals surface area (Å²) in [5.41, 5.74) is -0.545. The van der Waals surface area contributed by atoms with Crippen molar-refractivity contribution in [1.29, 1.82) is 0 Å². The third kappa shape index (κ3) is 3.67. The van der Waals surface area contributed by atoms with Crippen LogP contribution in [0.2, 0.25) is 0 Å². The van der Waals surface area contributed by atoms with Gasteiger partial charge in [0.2, 0.25) is 0 Å². The monoisotopic (exact) mass is 298 g/mol. The van der Waals surface area contributed by atoms with E-state index in [1.54, 1.807) is 11.9 Å². The first-order chi connectivity index (χ1) is 9.94. The molecular formula is C15H26N2O4. The lowest BCUT2D eigenvalue weighted by atomic mass is 9.78. The summed E-state index contributed by atoms with van der Waals surface area (Å²) in [7, 11) is 1.73. The second kappa shape index (κ2) is 6.64. The molecule has 0 aromatic carbocycles. The van der Waals surface area contributed by atoms with Gasteiger partial charge >= 0.3 is 12.0 Å². The number of carboxylic acids is 1. The van der Waals surface area contributed by atoms with Gasteiger partial charge in [-0.05, 0) is 26.2 Å². The Balaban J connectivity index is 2.04. The van der Waals surface area contributed by atoms with Gasteiger partial charge in [0.05, 0.1) is 24.1 Å². The number of hydrogen-bond acceptors (Lipinski definition) is 3. The van der Waals surface area contributed by atoms with Crippen LogP contribution < -0.4 is 5.32 Å². The van der Waals surface area contributed by atoms with E-state index in [4.69, 9.17) is 4.74 Å². The summed E-state index contributed by atoms with van der Waals surface area (Å²) in [4.78, 5) is 25.3. The molecule has 0 spiro atoms. The summed E-state index contributed by atoms with van der Waals surface area (Å²) in [5, 5.41) is 12.2. The first kappa shape index (κ1) is 16.1. The molecule has 0 aromatic heterocycles. The number of urea groups is 1. The van der Waals surface area contributed by atoms with Crippen LogP contribution in [0.4, 0.5) is 4.79 Å². The second-order valence-corrected chi connectivity index (χ2v) is 6.34. The highest BCUT2D eigenvalue weighted by molar-refractivity contribution is 5.77. The highest BCUT2D eigenvalue weighted by Crippen LogP contribution is 2.36. The van der Waals surface area contributed by atoms with Gasteiger partial charge in [0.25, 0.3) is 0 Å². The van der Waals surface area contributed by atoms with Crippen LogP contribution >= 0.6 is 0 Å². The Morgan fingerprint density at radius 3 is 2.52 bits per heavy atom. The molecule has 1 saturated carbocycles. The van der Waals surface area contributed by atoms with Gasteiger partial charge in [0.15, 0.2) is 0 Å². The largest absolute Gasteiger partial charge is 0.481 e. The molecule has 2 amide bonds. The molecule has 2 unspecified atom stereocenters. The fraction of sp³-hybridized carbons (Fsp3) is 0.867. The molecule has 2 rings (SSSR count). The molecule has 120 valence electrons. The molecule has 0 radical (unpaired) electrons. The number of nitrogens with one attached hydrogen (secondary N) is 1. The minimum atomic E-state index is -0.839. The Morgan fingerprint density at radius 2 is 2.00 bits per heavy atom. The molecule has 6 nitrogen and oxygen atoms in total. The molecule has 1 saturated heterocycles. The lowest BCUT2D eigenvalue weighted by molar-refractivity contribution is -0.140. The van der Waals surface area contributed by atoms with E-state index in [1.165, 1.54) is 0 Å². The summed E-state index contributed by atoms with van der Waals surface area (Å²) < 4.78 is 5.45. The van der Waals surface area contributed by atoms with Crippen molar-refractivity contribution < 1.29 is 19.4 Å². The Bertz CT molecular complexity index is 393. The van der Waals surface area contributed by atoms with Crippen LogP contribution in [0.3, 0.4) is 0 Å². The molecule has 2 fully saturated rings. The number of carbonyl (C=O) groups is 2. The lowest BCUT2D eigenvalue weighted by Crippen LogP contribution is -2.57. The average Bonchev–Trinajstić information content (AvgIpc) is 2.83. The molecule has 2 atom stereocenters. The van der Waals surface area contributed by atoms with E-state index in [1.807, 2.05) is 6.92 Å². The van der Waals surface area contributed by atoms with E-state index < -0.39 is 11.5 Å². The number of aliphatic carboxylic acids is 1. The number of carbonyl (C=O) groups excluding carboxylic acids is 1. The molecule has 6 heteroatoms. The number of rotatable bonds is 4. The van der Waals surface area contributed by atoms with Gasteiger partial charge < -0.3 is 20.1 Å². The molecular weight excluding hydrogens is 272 g/mol. The minimum absolute atomic E-state index is 0.0177. The van der Waals surface area contributed by atoms with Crippen LogP contribution in [0.1, 0.15) is 51.9 Å². The molecule has 2 N–H and O–H groups in total. The Morgan fingerprint density at radius 1 is 1.33 bits per heavy atom. The Labute approximate surface area is 125 Å². The smallest absolute Gasteiger partial charge is 0.317 e. The van der Waals surface area contributed by atoms with Crippen molar-refractivity contribution >= 4 is 12.0 Å². The number of amides is 2. The molecule has 21 heavy (non-hydrogen) atoms. The van der Waals surface area contributed by atoms with Crippen molar-refractivity contribution in [2.24, 2.45) is 0 Å². The quantitative estimate of drug-likeness (QED) is 0.832. The van der Waals surface area contributed by atoms with Crippen molar-refractivity contribution in [3.8, 4) is 0 Å². The highest BCUT2D eigenvalue weighted by atomic mass is 16.5. The zero-order chi connectivity index (χ0) is 15.5. The zero-order valence-electron chi connectivity index (χ0n) is 12.9. The summed E-state index contributed by atoms with van der Waals surface area (Å²) in [6.07, 6.45) is 5.45. The molecule has 1 aliphatic heterocycles. The van der Waals surface area contributed by atoms with E-state index in [9.17, 15) is 14.7 Å². The highest BCUT2D eigenvalue weighted by Gasteiger charge is 2.41. The first-order valence-electron chi connectivity index (χ1n) is 7.82. The predicted molar refractivity (Wildman–Crippen MR) is 78.2 cm³/mol. The van der Waals surface area contributed by atoms with Crippen molar-refractivity contribution in [3.05, 3.63) is 0 Å². The Kier molecular flexibility index (Phi) is 5.08. The van der Waals surface area contributed by atoms with Crippen molar-refractivity contribution in [1.82, 2.24) is 10.2 Å². The average molecular weight is 298 g/mol. The SMILES string of the molecule is CC1OCCC1NC(=O)N(C)C1(CC(=O)O)CCCCC1. The van der Waals surface area contributed by atoms with Crippen molar-refractivity contribution in [2.75, 3.05) is 13.7 Å². The number of nitrogens with zero attached hydrogens (tertiary/aromatic N) is 1. The number of carboxylic acid groups (broad SMARTS) is 1. The minimum Gasteiger partial charge on any atom is -0.481 e. The van der Waals surface area contributed by atoms with Crippen molar-refractivity contribution in [3.63, 3.8) is 0 Å². The summed E-state index contributed by atoms with van der Waals surface area (Å²) in [5.74, 6) is -0.839. The normalized spacial score (nSPS) is 28.1. The maximum absolute atomic E-state index is 12.5. The zero-order valence-corrected chi connectivity index (χ0v) is 12.9. The van der Waals surface area contributed by atoms with Gasteiger partial charge in [-0.15, -0.1) is 0 Å². The van der Waals surface area contributed by atoms with Crippen LogP contribution in [0.5, 0.6) is 0 Å². The van der Waals surface area contributed by atoms with Crippen LogP contribution in [-0.4, -0.2) is 53.3 Å². The van der Waals surface area contributed by atoms with Gasteiger partial charge in [-0.2, -0.15) is 0 Å². The summed E-state index contributed by atoms with van der Waals surface area (Å²) in [6, 6.07) is -0.161. The van der Waals surface area contributed by atoms with E-state index >= 15 is 0 Å². The Hall–Kier alpha value is -1.30. The number of hydrogen-bond donors (Lipinski definition) is 2. The van der Waals surface area contributed by atoms with E-state index in [-0.39, 0.29) is 24.6 Å². The maximum Gasteiger partial charge on any atom is 0.317 e. The van der Waals surface area contributed by atoms with E-state index in [2.05, 4.69) is 5.32 Å². The van der Waals surface area contributed by atoms with Gasteiger partial charge in [0, 0.05) is 13.7 Å². The summed E-state index contributed by atoms with van der Waals surface area (Å²) >= 11 is 0. The second-order valence-electron chi connectivity index (χ2n) is 6.34. The third-order valence-electron chi connectivity index (χ3n) is 4.97. The van der Waals surface area contributed by atoms with Gasteiger partial charge in [-0.3, -0.25) is 4.79 Å². The van der Waals surface area contributed by atoms with Crippen LogP contribution in [-0.2, 0) is 9.53 Å². The third-order valence-corrected chi connectivity index (χ3v) is 4.97. The van der Waals surface area contributed by atoms with Crippen LogP contribution in [0.15, 0.2) is 0 Å². The fourth-order valence-corrected chi connectivity index (χ4v) is 3.51. The van der Waals surface area contributed by atoms with E-state index in [0.29, 0.717) is 6.61 Å². The van der Waals surface area contributed by atoms with Gasteiger partial charge in [-0.1, -0.05) is 19.3 Å². The molecule has 0 bridgehead atoms.